The number of thioether (sulfide) groups is 2. The fraction of sp³-hybridized carbons (Fsp3) is 0.235. The first-order valence-electron chi connectivity index (χ1n) is 7.40. The van der Waals surface area contributed by atoms with Gasteiger partial charge in [0.1, 0.15) is 0 Å². The van der Waals surface area contributed by atoms with Crippen LogP contribution in [0, 0.1) is 0 Å². The highest BCUT2D eigenvalue weighted by molar-refractivity contribution is 8.16. The van der Waals surface area contributed by atoms with Gasteiger partial charge >= 0.3 is 0 Å². The van der Waals surface area contributed by atoms with Crippen LogP contribution in [0.2, 0.25) is 14.4 Å². The first-order valence-corrected chi connectivity index (χ1v) is 11.6. The number of benzene rings is 1. The van der Waals surface area contributed by atoms with Gasteiger partial charge in [0.05, 0.1) is 20.5 Å². The van der Waals surface area contributed by atoms with E-state index in [4.69, 9.17) is 34.8 Å². The molecule has 2 nitrogen and oxygen atoms in total. The van der Waals surface area contributed by atoms with E-state index in [-0.39, 0.29) is 9.83 Å². The number of hydrogen-bond acceptors (Lipinski definition) is 4. The van der Waals surface area contributed by atoms with Gasteiger partial charge in [0.25, 0.3) is 0 Å². The second kappa shape index (κ2) is 9.07. The topological polar surface area (TPSA) is 17.8 Å². The molecule has 0 fully saturated rings. The van der Waals surface area contributed by atoms with E-state index in [0.29, 0.717) is 10.0 Å². The molecule has 0 N–H and O–H groups in total. The van der Waals surface area contributed by atoms with Crippen LogP contribution in [0.5, 0.6) is 0 Å². The van der Waals surface area contributed by atoms with Crippen LogP contribution in [-0.2, 0) is 6.54 Å². The van der Waals surface area contributed by atoms with Gasteiger partial charge < -0.3 is 4.57 Å². The molecule has 2 aromatic heterocycles. The van der Waals surface area contributed by atoms with Crippen molar-refractivity contribution in [2.45, 2.75) is 16.4 Å². The Morgan fingerprint density at radius 3 is 2.64 bits per heavy atom. The molecule has 3 rings (SSSR count). The van der Waals surface area contributed by atoms with Crippen LogP contribution < -0.4 is 0 Å². The van der Waals surface area contributed by atoms with Crippen molar-refractivity contribution in [1.82, 2.24) is 9.55 Å². The number of aromatic nitrogens is 2. The molecule has 3 aromatic rings. The fourth-order valence-corrected chi connectivity index (χ4v) is 6.86. The highest BCUT2D eigenvalue weighted by atomic mass is 35.5. The molecule has 25 heavy (non-hydrogen) atoms. The summed E-state index contributed by atoms with van der Waals surface area (Å²) in [4.78, 5) is 4.14. The summed E-state index contributed by atoms with van der Waals surface area (Å²) in [7, 11) is 0. The monoisotopic (exact) mass is 448 g/mol. The van der Waals surface area contributed by atoms with Crippen molar-refractivity contribution in [2.24, 2.45) is 0 Å². The summed E-state index contributed by atoms with van der Waals surface area (Å²) < 4.78 is 3.13. The van der Waals surface area contributed by atoms with Gasteiger partial charge in [0, 0.05) is 34.5 Å². The third-order valence-electron chi connectivity index (χ3n) is 3.65. The molecule has 8 heteroatoms. The number of imidazole rings is 1. The quantitative estimate of drug-likeness (QED) is 0.349. The lowest BCUT2D eigenvalue weighted by Gasteiger charge is -2.24. The zero-order valence-electron chi connectivity index (χ0n) is 13.2. The molecule has 0 bridgehead atoms. The Kier molecular flexibility index (Phi) is 7.06. The molecule has 0 saturated carbocycles. The summed E-state index contributed by atoms with van der Waals surface area (Å²) in [6.07, 6.45) is 7.67. The van der Waals surface area contributed by atoms with Gasteiger partial charge in [-0.1, -0.05) is 40.9 Å². The van der Waals surface area contributed by atoms with E-state index >= 15 is 0 Å². The molecule has 0 aliphatic rings. The fourth-order valence-electron chi connectivity index (χ4n) is 2.44. The highest BCUT2D eigenvalue weighted by Gasteiger charge is 2.24. The lowest BCUT2D eigenvalue weighted by atomic mass is 10.1. The van der Waals surface area contributed by atoms with Crippen LogP contribution in [0.4, 0.5) is 0 Å². The van der Waals surface area contributed by atoms with E-state index in [1.54, 1.807) is 35.4 Å². The number of thiophene rings is 1. The number of rotatable bonds is 7. The normalized spacial score (nSPS) is 13.8. The third kappa shape index (κ3) is 4.90. The van der Waals surface area contributed by atoms with E-state index in [0.717, 1.165) is 22.0 Å². The van der Waals surface area contributed by atoms with Gasteiger partial charge in [-0.15, -0.1) is 34.9 Å². The molecular formula is C17H15Cl3N2S3. The van der Waals surface area contributed by atoms with Gasteiger partial charge in [0.15, 0.2) is 0 Å². The molecule has 0 saturated heterocycles. The molecule has 0 aliphatic heterocycles. The molecule has 0 amide bonds. The maximum Gasteiger partial charge on any atom is 0.0980 e. The summed E-state index contributed by atoms with van der Waals surface area (Å²) in [6, 6.07) is 7.78. The van der Waals surface area contributed by atoms with Gasteiger partial charge in [0.2, 0.25) is 0 Å². The van der Waals surface area contributed by atoms with Crippen LogP contribution >= 0.6 is 69.7 Å². The van der Waals surface area contributed by atoms with Crippen molar-refractivity contribution < 1.29 is 0 Å². The smallest absolute Gasteiger partial charge is 0.0980 e. The van der Waals surface area contributed by atoms with Crippen molar-refractivity contribution in [3.63, 3.8) is 0 Å². The number of hydrogen-bond donors (Lipinski definition) is 0. The SMILES string of the molecule is CSC(SC(Cn1ccnc1)c1ccc(Cl)cc1Cl)c1ccsc1Cl. The molecule has 2 unspecified atom stereocenters. The van der Waals surface area contributed by atoms with E-state index in [1.807, 2.05) is 41.8 Å². The Labute approximate surface area is 174 Å². The minimum atomic E-state index is 0.146. The predicted molar refractivity (Wildman–Crippen MR) is 115 cm³/mol. The summed E-state index contributed by atoms with van der Waals surface area (Å²) in [5.41, 5.74) is 2.22. The maximum atomic E-state index is 6.49. The Morgan fingerprint density at radius 2 is 2.04 bits per heavy atom. The summed E-state index contributed by atoms with van der Waals surface area (Å²) in [6.45, 7) is 0.769. The number of halogens is 3. The van der Waals surface area contributed by atoms with Gasteiger partial charge in [-0.25, -0.2) is 4.98 Å². The van der Waals surface area contributed by atoms with Gasteiger partial charge in [-0.3, -0.25) is 0 Å². The summed E-state index contributed by atoms with van der Waals surface area (Å²) in [5.74, 6) is 0. The average Bonchev–Trinajstić information content (AvgIpc) is 3.23. The molecule has 0 spiro atoms. The van der Waals surface area contributed by atoms with Crippen molar-refractivity contribution in [3.8, 4) is 0 Å². The second-order valence-electron chi connectivity index (χ2n) is 5.27. The Hall–Kier alpha value is -0.300. The van der Waals surface area contributed by atoms with Crippen molar-refractivity contribution in [1.29, 1.82) is 0 Å². The lowest BCUT2D eigenvalue weighted by molar-refractivity contribution is 0.683. The molecule has 132 valence electrons. The lowest BCUT2D eigenvalue weighted by Crippen LogP contribution is -2.07. The summed E-state index contributed by atoms with van der Waals surface area (Å²) >= 11 is 24.1. The minimum Gasteiger partial charge on any atom is -0.336 e. The minimum absolute atomic E-state index is 0.146. The zero-order chi connectivity index (χ0) is 17.8. The van der Waals surface area contributed by atoms with Gasteiger partial charge in [-0.2, -0.15) is 0 Å². The Morgan fingerprint density at radius 1 is 1.20 bits per heavy atom. The van der Waals surface area contributed by atoms with Gasteiger partial charge in [-0.05, 0) is 35.4 Å². The molecule has 2 atom stereocenters. The highest BCUT2D eigenvalue weighted by Crippen LogP contribution is 2.50. The standard InChI is InChI=1S/C17H15Cl3N2S3/c1-23-17(13-4-7-24-16(13)20)25-15(9-22-6-5-21-10-22)12-3-2-11(18)8-14(12)19/h2-8,10,15,17H,9H2,1H3. The molecule has 0 radical (unpaired) electrons. The molecule has 2 heterocycles. The van der Waals surface area contributed by atoms with Crippen LogP contribution in [0.3, 0.4) is 0 Å². The molecular weight excluding hydrogens is 435 g/mol. The Bertz CT molecular complexity index is 820. The zero-order valence-corrected chi connectivity index (χ0v) is 18.0. The molecule has 1 aromatic carbocycles. The van der Waals surface area contributed by atoms with Crippen molar-refractivity contribution >= 4 is 69.7 Å². The largest absolute Gasteiger partial charge is 0.336 e. The maximum absolute atomic E-state index is 6.49. The van der Waals surface area contributed by atoms with Crippen LogP contribution in [0.1, 0.15) is 21.0 Å². The van der Waals surface area contributed by atoms with E-state index in [2.05, 4.69) is 21.9 Å². The predicted octanol–water partition coefficient (Wildman–Crippen LogP) is 7.44. The van der Waals surface area contributed by atoms with Crippen LogP contribution in [0.25, 0.3) is 0 Å². The second-order valence-corrected chi connectivity index (χ2v) is 10.2. The van der Waals surface area contributed by atoms with Crippen LogP contribution in [0.15, 0.2) is 48.4 Å². The third-order valence-corrected chi connectivity index (χ3v) is 8.24. The van der Waals surface area contributed by atoms with Crippen LogP contribution in [-0.4, -0.2) is 15.8 Å². The van der Waals surface area contributed by atoms with Crippen molar-refractivity contribution in [2.75, 3.05) is 6.26 Å². The summed E-state index contributed by atoms with van der Waals surface area (Å²) in [5, 5.41) is 3.50. The number of nitrogens with zero attached hydrogens (tertiary/aromatic N) is 2. The average molecular weight is 450 g/mol. The van der Waals surface area contributed by atoms with E-state index in [1.165, 1.54) is 0 Å². The first kappa shape index (κ1) is 19.5. The van der Waals surface area contributed by atoms with E-state index in [9.17, 15) is 0 Å². The van der Waals surface area contributed by atoms with Crippen molar-refractivity contribution in [3.05, 3.63) is 73.9 Å². The first-order chi connectivity index (χ1) is 12.1. The Balaban J connectivity index is 1.91. The van der Waals surface area contributed by atoms with E-state index < -0.39 is 0 Å². The molecule has 0 aliphatic carbocycles.